The van der Waals surface area contributed by atoms with Crippen LogP contribution in [0.4, 0.5) is 11.4 Å². The van der Waals surface area contributed by atoms with Crippen LogP contribution in [0.5, 0.6) is 0 Å². The van der Waals surface area contributed by atoms with E-state index in [1.165, 1.54) is 17.8 Å². The SMILES string of the molecule is CCCN(CCC)c1ccc([N+](=O)[O-])cc1C=C1NCSC1=O. The van der Waals surface area contributed by atoms with Gasteiger partial charge in [-0.2, -0.15) is 0 Å². The van der Waals surface area contributed by atoms with E-state index in [1.54, 1.807) is 18.2 Å². The zero-order chi connectivity index (χ0) is 16.8. The summed E-state index contributed by atoms with van der Waals surface area (Å²) in [5, 5.41) is 14.1. The summed E-state index contributed by atoms with van der Waals surface area (Å²) < 4.78 is 0. The van der Waals surface area contributed by atoms with Crippen LogP contribution in [0.3, 0.4) is 0 Å². The van der Waals surface area contributed by atoms with Crippen molar-refractivity contribution in [1.82, 2.24) is 5.32 Å². The molecule has 0 radical (unpaired) electrons. The number of hydrogen-bond acceptors (Lipinski definition) is 6. The number of carbonyl (C=O) groups is 1. The molecule has 7 heteroatoms. The Morgan fingerprint density at radius 1 is 1.35 bits per heavy atom. The van der Waals surface area contributed by atoms with Gasteiger partial charge in [-0.05, 0) is 25.0 Å². The van der Waals surface area contributed by atoms with Crippen molar-refractivity contribution in [1.29, 1.82) is 0 Å². The molecule has 1 aromatic rings. The Morgan fingerprint density at radius 3 is 2.57 bits per heavy atom. The third kappa shape index (κ3) is 4.25. The number of carbonyl (C=O) groups excluding carboxylic acids is 1. The minimum Gasteiger partial charge on any atom is -0.372 e. The number of nitro groups is 1. The van der Waals surface area contributed by atoms with Crippen molar-refractivity contribution in [2.24, 2.45) is 0 Å². The summed E-state index contributed by atoms with van der Waals surface area (Å²) in [5.74, 6) is 0.544. The molecular weight excluding hydrogens is 314 g/mol. The first-order chi connectivity index (χ1) is 11.1. The van der Waals surface area contributed by atoms with Gasteiger partial charge in [0.2, 0.25) is 5.12 Å². The molecule has 0 saturated carbocycles. The molecule has 1 N–H and O–H groups in total. The van der Waals surface area contributed by atoms with Crippen molar-refractivity contribution in [3.05, 3.63) is 39.6 Å². The molecule has 1 fully saturated rings. The van der Waals surface area contributed by atoms with Gasteiger partial charge in [0.15, 0.2) is 0 Å². The summed E-state index contributed by atoms with van der Waals surface area (Å²) in [6, 6.07) is 4.84. The molecule has 0 unspecified atom stereocenters. The summed E-state index contributed by atoms with van der Waals surface area (Å²) in [7, 11) is 0. The Kier molecular flexibility index (Phi) is 6.04. The van der Waals surface area contributed by atoms with Crippen molar-refractivity contribution in [3.63, 3.8) is 0 Å². The van der Waals surface area contributed by atoms with Crippen LogP contribution in [0.15, 0.2) is 23.9 Å². The molecule has 0 aromatic heterocycles. The smallest absolute Gasteiger partial charge is 0.270 e. The Morgan fingerprint density at radius 2 is 2.04 bits per heavy atom. The maximum atomic E-state index is 11.8. The minimum atomic E-state index is -0.408. The maximum absolute atomic E-state index is 11.8. The number of benzene rings is 1. The van der Waals surface area contributed by atoms with Crippen LogP contribution in [0.25, 0.3) is 6.08 Å². The quantitative estimate of drug-likeness (QED) is 0.468. The molecule has 0 atom stereocenters. The molecule has 1 saturated heterocycles. The highest BCUT2D eigenvalue weighted by Crippen LogP contribution is 2.29. The molecular formula is C16H21N3O3S. The zero-order valence-corrected chi connectivity index (χ0v) is 14.2. The van der Waals surface area contributed by atoms with Crippen LogP contribution in [0.2, 0.25) is 0 Å². The van der Waals surface area contributed by atoms with Crippen LogP contribution in [-0.2, 0) is 4.79 Å². The summed E-state index contributed by atoms with van der Waals surface area (Å²) in [5.41, 5.74) is 2.18. The van der Waals surface area contributed by atoms with E-state index in [0.29, 0.717) is 17.1 Å². The Balaban J connectivity index is 2.47. The summed E-state index contributed by atoms with van der Waals surface area (Å²) >= 11 is 1.20. The van der Waals surface area contributed by atoms with Crippen LogP contribution >= 0.6 is 11.8 Å². The highest BCUT2D eigenvalue weighted by Gasteiger charge is 2.20. The summed E-state index contributed by atoms with van der Waals surface area (Å²) in [6.07, 6.45) is 3.70. The molecule has 1 aliphatic rings. The highest BCUT2D eigenvalue weighted by atomic mass is 32.2. The molecule has 23 heavy (non-hydrogen) atoms. The van der Waals surface area contributed by atoms with Crippen molar-refractivity contribution in [2.75, 3.05) is 23.9 Å². The van der Waals surface area contributed by atoms with E-state index >= 15 is 0 Å². The molecule has 124 valence electrons. The van der Waals surface area contributed by atoms with Crippen molar-refractivity contribution in [3.8, 4) is 0 Å². The fraction of sp³-hybridized carbons (Fsp3) is 0.438. The second-order valence-corrected chi connectivity index (χ2v) is 6.25. The Hall–Kier alpha value is -2.02. The zero-order valence-electron chi connectivity index (χ0n) is 13.4. The summed E-state index contributed by atoms with van der Waals surface area (Å²) in [4.78, 5) is 24.7. The molecule has 1 heterocycles. The van der Waals surface area contributed by atoms with Crippen LogP contribution in [0.1, 0.15) is 32.3 Å². The molecule has 0 amide bonds. The lowest BCUT2D eigenvalue weighted by Gasteiger charge is -2.25. The van der Waals surface area contributed by atoms with Crippen molar-refractivity contribution < 1.29 is 9.72 Å². The van der Waals surface area contributed by atoms with E-state index in [-0.39, 0.29) is 10.8 Å². The minimum absolute atomic E-state index is 0.0278. The average Bonchev–Trinajstić information content (AvgIpc) is 2.92. The van der Waals surface area contributed by atoms with E-state index in [9.17, 15) is 14.9 Å². The third-order valence-corrected chi connectivity index (χ3v) is 4.31. The topological polar surface area (TPSA) is 75.5 Å². The van der Waals surface area contributed by atoms with Gasteiger partial charge in [-0.15, -0.1) is 0 Å². The van der Waals surface area contributed by atoms with Gasteiger partial charge in [-0.3, -0.25) is 14.9 Å². The van der Waals surface area contributed by atoms with Crippen LogP contribution in [-0.4, -0.2) is 29.0 Å². The summed E-state index contributed by atoms with van der Waals surface area (Å²) in [6.45, 7) is 5.95. The number of non-ortho nitro benzene ring substituents is 1. The second-order valence-electron chi connectivity index (χ2n) is 5.30. The number of anilines is 1. The first-order valence-corrected chi connectivity index (χ1v) is 8.71. The number of nitrogens with zero attached hydrogens (tertiary/aromatic N) is 2. The van der Waals surface area contributed by atoms with Gasteiger partial charge in [0.1, 0.15) is 0 Å². The fourth-order valence-corrected chi connectivity index (χ4v) is 3.19. The van der Waals surface area contributed by atoms with Crippen molar-refractivity contribution >= 4 is 34.3 Å². The largest absolute Gasteiger partial charge is 0.372 e. The van der Waals surface area contributed by atoms with E-state index in [2.05, 4.69) is 24.1 Å². The normalized spacial score (nSPS) is 15.7. The van der Waals surface area contributed by atoms with Crippen LogP contribution in [0, 0.1) is 10.1 Å². The third-order valence-electron chi connectivity index (χ3n) is 3.54. The van der Waals surface area contributed by atoms with E-state index in [1.807, 2.05) is 0 Å². The average molecular weight is 335 g/mol. The molecule has 6 nitrogen and oxygen atoms in total. The lowest BCUT2D eigenvalue weighted by atomic mass is 10.1. The predicted molar refractivity (Wildman–Crippen MR) is 94.5 cm³/mol. The number of rotatable bonds is 7. The molecule has 0 spiro atoms. The fourth-order valence-electron chi connectivity index (χ4n) is 2.55. The predicted octanol–water partition coefficient (Wildman–Crippen LogP) is 3.38. The monoisotopic (exact) mass is 335 g/mol. The Bertz CT molecular complexity index is 625. The van der Waals surface area contributed by atoms with Crippen LogP contribution < -0.4 is 10.2 Å². The maximum Gasteiger partial charge on any atom is 0.270 e. The highest BCUT2D eigenvalue weighted by molar-refractivity contribution is 8.14. The first-order valence-electron chi connectivity index (χ1n) is 7.72. The molecule has 2 rings (SSSR count). The van der Waals surface area contributed by atoms with Gasteiger partial charge >= 0.3 is 0 Å². The standard InChI is InChI=1S/C16H21N3O3S/c1-3-7-18(8-4-2)15-6-5-13(19(21)22)9-12(15)10-14-16(20)23-11-17-14/h5-6,9-10,17H,3-4,7-8,11H2,1-2H3. The molecule has 1 aromatic carbocycles. The van der Waals surface area contributed by atoms with Gasteiger partial charge in [0.05, 0.1) is 16.5 Å². The van der Waals surface area contributed by atoms with Gasteiger partial charge in [-0.25, -0.2) is 0 Å². The molecule has 1 aliphatic heterocycles. The van der Waals surface area contributed by atoms with Gasteiger partial charge in [0, 0.05) is 36.5 Å². The number of hydrogen-bond donors (Lipinski definition) is 1. The number of nitrogens with one attached hydrogen (secondary N) is 1. The molecule has 0 aliphatic carbocycles. The van der Waals surface area contributed by atoms with E-state index in [0.717, 1.165) is 31.6 Å². The van der Waals surface area contributed by atoms with E-state index in [4.69, 9.17) is 0 Å². The van der Waals surface area contributed by atoms with Crippen molar-refractivity contribution in [2.45, 2.75) is 26.7 Å². The van der Waals surface area contributed by atoms with Gasteiger partial charge in [-0.1, -0.05) is 25.6 Å². The lowest BCUT2D eigenvalue weighted by molar-refractivity contribution is -0.384. The number of nitro benzene ring substituents is 1. The lowest BCUT2D eigenvalue weighted by Crippen LogP contribution is -2.25. The van der Waals surface area contributed by atoms with Gasteiger partial charge in [0.25, 0.3) is 5.69 Å². The number of thioether (sulfide) groups is 1. The van der Waals surface area contributed by atoms with Gasteiger partial charge < -0.3 is 10.2 Å². The first kappa shape index (κ1) is 17.3. The second kappa shape index (κ2) is 8.01. The Labute approximate surface area is 140 Å². The molecule has 0 bridgehead atoms. The van der Waals surface area contributed by atoms with E-state index < -0.39 is 4.92 Å².